The molecule has 2 unspecified atom stereocenters. The molecular formula is C18H28N4O8. The largest absolute Gasteiger partial charge is 0.394 e. The number of aromatic nitrogens is 2. The zero-order chi connectivity index (χ0) is 22.6. The summed E-state index contributed by atoms with van der Waals surface area (Å²) in [5.41, 5.74) is 7.14. The smallest absolute Gasteiger partial charge is 0.331 e. The average Bonchev–Trinajstić information content (AvgIpc) is 3.02. The monoisotopic (exact) mass is 428 g/mol. The number of nitrogens with one attached hydrogen (secondary N) is 1. The Morgan fingerprint density at radius 2 is 2.00 bits per heavy atom. The Kier molecular flexibility index (Phi) is 7.80. The number of carbonyl (C=O) groups excluding carboxylic acids is 2. The SMILES string of the molecule is Cc1cn([C@]2(C(=O)CO)O[C@H](CO)[C@@H](O)C2C(=O)C(N)CCCCN)c(=O)[nH]c1=O. The van der Waals surface area contributed by atoms with E-state index in [9.17, 15) is 34.5 Å². The summed E-state index contributed by atoms with van der Waals surface area (Å²) in [6.07, 6.45) is -0.797. The second kappa shape index (κ2) is 9.73. The van der Waals surface area contributed by atoms with E-state index in [4.69, 9.17) is 16.2 Å². The van der Waals surface area contributed by atoms with Crippen LogP contribution in [0.25, 0.3) is 0 Å². The predicted octanol–water partition coefficient (Wildman–Crippen LogP) is -3.55. The van der Waals surface area contributed by atoms with Crippen molar-refractivity contribution < 1.29 is 29.6 Å². The van der Waals surface area contributed by atoms with E-state index < -0.39 is 65.9 Å². The van der Waals surface area contributed by atoms with Crippen molar-refractivity contribution in [3.8, 4) is 0 Å². The molecule has 8 N–H and O–H groups in total. The van der Waals surface area contributed by atoms with E-state index in [2.05, 4.69) is 0 Å². The summed E-state index contributed by atoms with van der Waals surface area (Å²) in [6.45, 7) is -0.162. The fourth-order valence-corrected chi connectivity index (χ4v) is 3.71. The number of ether oxygens (including phenoxy) is 1. The van der Waals surface area contributed by atoms with Crippen LogP contribution in [-0.4, -0.2) is 74.4 Å². The van der Waals surface area contributed by atoms with E-state index in [1.54, 1.807) is 0 Å². The van der Waals surface area contributed by atoms with E-state index in [0.29, 0.717) is 24.0 Å². The molecule has 2 heterocycles. The highest BCUT2D eigenvalue weighted by Gasteiger charge is 2.63. The number of aryl methyl sites for hydroxylation is 1. The molecule has 1 aromatic heterocycles. The Balaban J connectivity index is 2.67. The molecule has 0 aromatic carbocycles. The third-order valence-corrected chi connectivity index (χ3v) is 5.32. The highest BCUT2D eigenvalue weighted by Crippen LogP contribution is 2.42. The second-order valence-electron chi connectivity index (χ2n) is 7.32. The van der Waals surface area contributed by atoms with E-state index in [1.165, 1.54) is 6.92 Å². The van der Waals surface area contributed by atoms with Crippen LogP contribution in [0.1, 0.15) is 24.8 Å². The average molecular weight is 428 g/mol. The number of aliphatic hydroxyl groups is 3. The number of nitrogens with zero attached hydrogens (tertiary/aromatic N) is 1. The van der Waals surface area contributed by atoms with Gasteiger partial charge in [0.1, 0.15) is 18.6 Å². The van der Waals surface area contributed by atoms with Gasteiger partial charge in [0.2, 0.25) is 11.5 Å². The van der Waals surface area contributed by atoms with Gasteiger partial charge in [-0.1, -0.05) is 6.42 Å². The Bertz CT molecular complexity index is 897. The molecule has 0 spiro atoms. The first-order valence-corrected chi connectivity index (χ1v) is 9.59. The normalized spacial score (nSPS) is 27.2. The van der Waals surface area contributed by atoms with Crippen molar-refractivity contribution in [1.82, 2.24) is 9.55 Å². The number of H-pyrrole nitrogens is 1. The van der Waals surface area contributed by atoms with E-state index >= 15 is 0 Å². The third kappa shape index (κ3) is 4.15. The maximum Gasteiger partial charge on any atom is 0.331 e. The highest BCUT2D eigenvalue weighted by molar-refractivity contribution is 5.96. The van der Waals surface area contributed by atoms with Gasteiger partial charge < -0.3 is 31.5 Å². The number of ketones is 2. The zero-order valence-electron chi connectivity index (χ0n) is 16.6. The van der Waals surface area contributed by atoms with Crippen LogP contribution in [0.4, 0.5) is 0 Å². The maximum absolute atomic E-state index is 13.2. The number of aromatic amines is 1. The number of hydrogen-bond acceptors (Lipinski definition) is 10. The predicted molar refractivity (Wildman–Crippen MR) is 103 cm³/mol. The van der Waals surface area contributed by atoms with Crippen LogP contribution in [0.5, 0.6) is 0 Å². The standard InChI is InChI=1S/C18H28N4O8/c1-9-6-22(17(29)21-16(9)28)18(12(25)8-24)13(15(27)11(7-23)30-18)14(26)10(20)4-2-3-5-19/h6,10-11,13,15,23-24,27H,2-5,7-8,19-20H2,1H3,(H,21,28,29)/t10?,11-,13?,15-,18-/m1/s1. The summed E-state index contributed by atoms with van der Waals surface area (Å²) >= 11 is 0. The first-order valence-electron chi connectivity index (χ1n) is 9.59. The molecule has 0 amide bonds. The van der Waals surface area contributed by atoms with Gasteiger partial charge in [-0.25, -0.2) is 4.79 Å². The summed E-state index contributed by atoms with van der Waals surface area (Å²) in [6, 6.07) is -1.12. The summed E-state index contributed by atoms with van der Waals surface area (Å²) < 4.78 is 6.23. The maximum atomic E-state index is 13.2. The van der Waals surface area contributed by atoms with Gasteiger partial charge in [0.05, 0.1) is 18.8 Å². The van der Waals surface area contributed by atoms with Crippen molar-refractivity contribution >= 4 is 11.6 Å². The fourth-order valence-electron chi connectivity index (χ4n) is 3.71. The second-order valence-corrected chi connectivity index (χ2v) is 7.32. The van der Waals surface area contributed by atoms with E-state index in [1.807, 2.05) is 4.98 Å². The molecular weight excluding hydrogens is 400 g/mol. The van der Waals surface area contributed by atoms with Crippen molar-refractivity contribution in [3.63, 3.8) is 0 Å². The summed E-state index contributed by atoms with van der Waals surface area (Å²) in [4.78, 5) is 52.4. The van der Waals surface area contributed by atoms with Gasteiger partial charge in [-0.05, 0) is 26.3 Å². The number of carbonyl (C=O) groups is 2. The van der Waals surface area contributed by atoms with Crippen molar-refractivity contribution in [2.75, 3.05) is 19.8 Å². The van der Waals surface area contributed by atoms with E-state index in [-0.39, 0.29) is 12.0 Å². The molecule has 1 aromatic rings. The van der Waals surface area contributed by atoms with Gasteiger partial charge in [0.25, 0.3) is 5.56 Å². The van der Waals surface area contributed by atoms with Gasteiger partial charge in [0.15, 0.2) is 5.78 Å². The van der Waals surface area contributed by atoms with Crippen LogP contribution in [0.3, 0.4) is 0 Å². The van der Waals surface area contributed by atoms with Gasteiger partial charge >= 0.3 is 5.69 Å². The van der Waals surface area contributed by atoms with Crippen LogP contribution in [0.2, 0.25) is 0 Å². The Morgan fingerprint density at radius 3 is 2.57 bits per heavy atom. The highest BCUT2D eigenvalue weighted by atomic mass is 16.6. The van der Waals surface area contributed by atoms with Gasteiger partial charge in [-0.15, -0.1) is 0 Å². The molecule has 12 heteroatoms. The Morgan fingerprint density at radius 1 is 1.33 bits per heavy atom. The lowest BCUT2D eigenvalue weighted by Crippen LogP contribution is -2.59. The molecule has 1 aliphatic rings. The number of rotatable bonds is 10. The van der Waals surface area contributed by atoms with Crippen molar-refractivity contribution in [3.05, 3.63) is 32.6 Å². The molecule has 1 fully saturated rings. The molecule has 2 rings (SSSR count). The molecule has 0 aliphatic carbocycles. The van der Waals surface area contributed by atoms with Crippen molar-refractivity contribution in [2.24, 2.45) is 17.4 Å². The minimum atomic E-state index is -2.49. The number of Topliss-reactive ketones (excluding diaryl/α,β-unsaturated/α-hetero) is 2. The van der Waals surface area contributed by atoms with Crippen LogP contribution in [-0.2, 0) is 20.1 Å². The van der Waals surface area contributed by atoms with E-state index in [0.717, 1.165) is 6.20 Å². The van der Waals surface area contributed by atoms with Crippen molar-refractivity contribution in [2.45, 2.75) is 50.2 Å². The lowest BCUT2D eigenvalue weighted by atomic mass is 9.81. The van der Waals surface area contributed by atoms with Gasteiger partial charge in [-0.2, -0.15) is 0 Å². The molecule has 30 heavy (non-hydrogen) atoms. The minimum absolute atomic E-state index is 0.0173. The lowest BCUT2D eigenvalue weighted by molar-refractivity contribution is -0.174. The number of hydrogen-bond donors (Lipinski definition) is 6. The summed E-state index contributed by atoms with van der Waals surface area (Å²) in [5, 5.41) is 29.9. The third-order valence-electron chi connectivity index (χ3n) is 5.32. The quantitative estimate of drug-likeness (QED) is 0.202. The Hall–Kier alpha value is -2.22. The fraction of sp³-hybridized carbons (Fsp3) is 0.667. The molecule has 5 atom stereocenters. The molecule has 168 valence electrons. The van der Waals surface area contributed by atoms with Crippen LogP contribution < -0.4 is 22.7 Å². The molecule has 12 nitrogen and oxygen atoms in total. The molecule has 0 saturated carbocycles. The van der Waals surface area contributed by atoms with Crippen molar-refractivity contribution in [1.29, 1.82) is 0 Å². The minimum Gasteiger partial charge on any atom is -0.394 e. The lowest BCUT2D eigenvalue weighted by Gasteiger charge is -2.34. The van der Waals surface area contributed by atoms with Crippen LogP contribution in [0.15, 0.2) is 15.8 Å². The first-order chi connectivity index (χ1) is 14.1. The number of aliphatic hydroxyl groups excluding tert-OH is 3. The van der Waals surface area contributed by atoms with Crippen LogP contribution in [0, 0.1) is 12.8 Å². The number of nitrogens with two attached hydrogens (primary N) is 2. The molecule has 0 radical (unpaired) electrons. The topological polar surface area (TPSA) is 211 Å². The number of unbranched alkanes of at least 4 members (excludes halogenated alkanes) is 1. The molecule has 1 saturated heterocycles. The summed E-state index contributed by atoms with van der Waals surface area (Å²) in [5.74, 6) is -3.60. The zero-order valence-corrected chi connectivity index (χ0v) is 16.6. The molecule has 1 aliphatic heterocycles. The molecule has 0 bridgehead atoms. The van der Waals surface area contributed by atoms with Crippen LogP contribution >= 0.6 is 0 Å². The van der Waals surface area contributed by atoms with Gasteiger partial charge in [0, 0.05) is 11.8 Å². The summed E-state index contributed by atoms with van der Waals surface area (Å²) in [7, 11) is 0. The van der Waals surface area contributed by atoms with Gasteiger partial charge in [-0.3, -0.25) is 23.9 Å². The first kappa shape index (κ1) is 24.1. The Labute approximate surface area is 171 Å².